The number of nitrogens with zero attached hydrogens (tertiary/aromatic N) is 3. The number of benzene rings is 3. The van der Waals surface area contributed by atoms with E-state index in [0.717, 1.165) is 22.3 Å². The average molecular weight is 390 g/mol. The topological polar surface area (TPSA) is 38.7 Å². The van der Waals surface area contributed by atoms with Gasteiger partial charge in [0, 0.05) is 16.7 Å². The zero-order valence-electron chi connectivity index (χ0n) is 17.2. The monoisotopic (exact) mass is 389 g/mol. The molecule has 0 atom stereocenters. The van der Waals surface area contributed by atoms with Gasteiger partial charge >= 0.3 is 0 Å². The zero-order valence-corrected chi connectivity index (χ0v) is 17.2. The molecular formula is C27H23N3. The van der Waals surface area contributed by atoms with E-state index >= 15 is 0 Å². The number of rotatable bonds is 5. The Bertz CT molecular complexity index is 1140. The molecule has 1 aromatic heterocycles. The number of hydrogen-bond acceptors (Lipinski definition) is 3. The van der Waals surface area contributed by atoms with Crippen LogP contribution in [0.5, 0.6) is 0 Å². The van der Waals surface area contributed by atoms with Gasteiger partial charge in [0.25, 0.3) is 0 Å². The first-order valence-electron chi connectivity index (χ1n) is 10.0. The zero-order chi connectivity index (χ0) is 20.8. The lowest BCUT2D eigenvalue weighted by atomic mass is 10.0. The molecule has 0 radical (unpaired) electrons. The van der Waals surface area contributed by atoms with Crippen LogP contribution in [0, 0.1) is 0 Å². The first-order valence-corrected chi connectivity index (χ1v) is 10.0. The Morgan fingerprint density at radius 1 is 0.600 bits per heavy atom. The van der Waals surface area contributed by atoms with E-state index in [1.54, 1.807) is 0 Å². The van der Waals surface area contributed by atoms with Crippen molar-refractivity contribution in [3.63, 3.8) is 0 Å². The highest BCUT2D eigenvalue weighted by molar-refractivity contribution is 5.77. The Labute approximate surface area is 177 Å². The van der Waals surface area contributed by atoms with Gasteiger partial charge in [0.1, 0.15) is 0 Å². The molecule has 3 nitrogen and oxygen atoms in total. The molecular weight excluding hydrogens is 366 g/mol. The van der Waals surface area contributed by atoms with Gasteiger partial charge in [-0.1, -0.05) is 97.1 Å². The lowest BCUT2D eigenvalue weighted by Gasteiger charge is -2.10. The van der Waals surface area contributed by atoms with Gasteiger partial charge in [-0.15, -0.1) is 0 Å². The minimum atomic E-state index is 0.667. The van der Waals surface area contributed by atoms with E-state index in [2.05, 4.69) is 24.3 Å². The fraction of sp³-hybridized carbons (Fsp3) is 0.0741. The maximum absolute atomic E-state index is 4.81. The molecule has 0 N–H and O–H groups in total. The van der Waals surface area contributed by atoms with Crippen molar-refractivity contribution >= 4 is 5.57 Å². The molecule has 30 heavy (non-hydrogen) atoms. The van der Waals surface area contributed by atoms with E-state index in [1.165, 1.54) is 5.57 Å². The van der Waals surface area contributed by atoms with E-state index in [9.17, 15) is 0 Å². The Morgan fingerprint density at radius 3 is 1.60 bits per heavy atom. The summed E-state index contributed by atoms with van der Waals surface area (Å²) in [5.41, 5.74) is 5.21. The fourth-order valence-corrected chi connectivity index (χ4v) is 3.31. The molecule has 0 aliphatic heterocycles. The minimum absolute atomic E-state index is 0.667. The molecule has 146 valence electrons. The highest BCUT2D eigenvalue weighted by Gasteiger charge is 2.12. The Balaban J connectivity index is 1.88. The molecule has 4 rings (SSSR count). The van der Waals surface area contributed by atoms with E-state index in [0.29, 0.717) is 17.5 Å². The van der Waals surface area contributed by atoms with Gasteiger partial charge in [0.15, 0.2) is 17.5 Å². The molecule has 0 aliphatic carbocycles. The van der Waals surface area contributed by atoms with Gasteiger partial charge in [-0.25, -0.2) is 15.0 Å². The van der Waals surface area contributed by atoms with Gasteiger partial charge < -0.3 is 0 Å². The Kier molecular flexibility index (Phi) is 5.90. The van der Waals surface area contributed by atoms with Crippen LogP contribution in [0.15, 0.2) is 103 Å². The molecule has 3 aromatic carbocycles. The summed E-state index contributed by atoms with van der Waals surface area (Å²) in [6.07, 6.45) is 6.26. The van der Waals surface area contributed by atoms with E-state index < -0.39 is 0 Å². The van der Waals surface area contributed by atoms with Crippen LogP contribution in [0.25, 0.3) is 39.7 Å². The Morgan fingerprint density at radius 2 is 1.10 bits per heavy atom. The second-order valence-electron chi connectivity index (χ2n) is 6.86. The second kappa shape index (κ2) is 9.10. The van der Waals surface area contributed by atoms with Crippen LogP contribution < -0.4 is 0 Å². The van der Waals surface area contributed by atoms with E-state index in [1.807, 2.05) is 92.7 Å². The van der Waals surface area contributed by atoms with Crippen molar-refractivity contribution in [2.24, 2.45) is 0 Å². The van der Waals surface area contributed by atoms with E-state index in [-0.39, 0.29) is 0 Å². The van der Waals surface area contributed by atoms with Crippen LogP contribution in [0.2, 0.25) is 0 Å². The van der Waals surface area contributed by atoms with Crippen LogP contribution in [0.1, 0.15) is 19.4 Å². The maximum atomic E-state index is 4.81. The third-order valence-electron chi connectivity index (χ3n) is 4.81. The van der Waals surface area contributed by atoms with Gasteiger partial charge in [-0.3, -0.25) is 0 Å². The molecule has 0 saturated heterocycles. The molecule has 3 heteroatoms. The van der Waals surface area contributed by atoms with Crippen LogP contribution in [0.3, 0.4) is 0 Å². The third kappa shape index (κ3) is 4.26. The fourth-order valence-electron chi connectivity index (χ4n) is 3.31. The summed E-state index contributed by atoms with van der Waals surface area (Å²) in [7, 11) is 0. The largest absolute Gasteiger partial charge is 0.208 e. The summed E-state index contributed by atoms with van der Waals surface area (Å²) >= 11 is 0. The molecule has 1 heterocycles. The van der Waals surface area contributed by atoms with Crippen molar-refractivity contribution in [2.45, 2.75) is 13.8 Å². The first-order chi connectivity index (χ1) is 14.8. The van der Waals surface area contributed by atoms with Crippen molar-refractivity contribution in [1.82, 2.24) is 15.0 Å². The highest BCUT2D eigenvalue weighted by atomic mass is 15.0. The number of allylic oxidation sites excluding steroid dienone is 4. The van der Waals surface area contributed by atoms with Crippen LogP contribution >= 0.6 is 0 Å². The van der Waals surface area contributed by atoms with E-state index in [4.69, 9.17) is 15.0 Å². The summed E-state index contributed by atoms with van der Waals surface area (Å²) in [4.78, 5) is 14.4. The lowest BCUT2D eigenvalue weighted by molar-refractivity contribution is 1.07. The van der Waals surface area contributed by atoms with Gasteiger partial charge in [-0.05, 0) is 31.1 Å². The summed E-state index contributed by atoms with van der Waals surface area (Å²) in [6, 6.07) is 28.4. The predicted octanol–water partition coefficient (Wildman–Crippen LogP) is 6.85. The quantitative estimate of drug-likeness (QED) is 0.350. The minimum Gasteiger partial charge on any atom is -0.208 e. The SMILES string of the molecule is C/C=C\C(=C/C)c1cccc(-c2nc(-c3ccccc3)nc(-c3ccccc3)n2)c1. The molecule has 0 amide bonds. The predicted molar refractivity (Wildman–Crippen MR) is 125 cm³/mol. The summed E-state index contributed by atoms with van der Waals surface area (Å²) in [5, 5.41) is 0. The Hall–Kier alpha value is -3.85. The number of hydrogen-bond donors (Lipinski definition) is 0. The third-order valence-corrected chi connectivity index (χ3v) is 4.81. The maximum Gasteiger partial charge on any atom is 0.164 e. The number of aromatic nitrogens is 3. The van der Waals surface area contributed by atoms with Gasteiger partial charge in [0.2, 0.25) is 0 Å². The lowest BCUT2D eigenvalue weighted by Crippen LogP contribution is -2.00. The molecule has 0 fully saturated rings. The van der Waals surface area contributed by atoms with Crippen molar-refractivity contribution in [1.29, 1.82) is 0 Å². The molecule has 0 spiro atoms. The normalized spacial score (nSPS) is 11.7. The molecule has 0 bridgehead atoms. The smallest absolute Gasteiger partial charge is 0.164 e. The van der Waals surface area contributed by atoms with Gasteiger partial charge in [-0.2, -0.15) is 0 Å². The summed E-state index contributed by atoms with van der Waals surface area (Å²) < 4.78 is 0. The summed E-state index contributed by atoms with van der Waals surface area (Å²) in [6.45, 7) is 4.07. The van der Waals surface area contributed by atoms with Crippen molar-refractivity contribution < 1.29 is 0 Å². The van der Waals surface area contributed by atoms with Crippen LogP contribution in [-0.4, -0.2) is 15.0 Å². The highest BCUT2D eigenvalue weighted by Crippen LogP contribution is 2.26. The van der Waals surface area contributed by atoms with Crippen molar-refractivity contribution in [2.75, 3.05) is 0 Å². The van der Waals surface area contributed by atoms with Crippen molar-refractivity contribution in [3.8, 4) is 34.2 Å². The van der Waals surface area contributed by atoms with Crippen molar-refractivity contribution in [3.05, 3.63) is 109 Å². The van der Waals surface area contributed by atoms with Crippen LogP contribution in [-0.2, 0) is 0 Å². The van der Waals surface area contributed by atoms with Gasteiger partial charge in [0.05, 0.1) is 0 Å². The molecule has 0 aliphatic rings. The summed E-state index contributed by atoms with van der Waals surface area (Å²) in [5.74, 6) is 2.01. The second-order valence-corrected chi connectivity index (χ2v) is 6.86. The molecule has 0 unspecified atom stereocenters. The van der Waals surface area contributed by atoms with Crippen LogP contribution in [0.4, 0.5) is 0 Å². The average Bonchev–Trinajstić information content (AvgIpc) is 2.83. The first kappa shape index (κ1) is 19.5. The standard InChI is InChI=1S/C27H23N3/c1-3-12-20(4-2)23-17-11-18-24(19-23)27-29-25(21-13-7-5-8-14-21)28-26(30-27)22-15-9-6-10-16-22/h3-19H,1-2H3/b12-3-,20-4+. The molecule has 0 saturated carbocycles. The molecule has 4 aromatic rings.